The average Bonchev–Trinajstić information content (AvgIpc) is 3.07. The standard InChI is InChI=1S/C31H46N4O12/c1-2-3-10-32-27-6-4-26(5-7-27)31(36)47-24-23-46-22-21-45-20-19-44-18-17-43-16-15-42-14-13-41-12-11-33-29-9-8-28(34(37)38)25-30(29)35(39)40/h4-9,25,32-33H,2-3,10-24H2,1H3. The number of unbranched alkanes of at least 4 members (excludes halogenated alkanes) is 1. The summed E-state index contributed by atoms with van der Waals surface area (Å²) in [5.41, 5.74) is 0.942. The number of nitro groups is 2. The summed E-state index contributed by atoms with van der Waals surface area (Å²) in [6.45, 7) is 8.01. The van der Waals surface area contributed by atoms with E-state index >= 15 is 0 Å². The van der Waals surface area contributed by atoms with Gasteiger partial charge in [0.15, 0.2) is 0 Å². The van der Waals surface area contributed by atoms with Crippen LogP contribution in [-0.4, -0.2) is 115 Å². The molecule has 47 heavy (non-hydrogen) atoms. The van der Waals surface area contributed by atoms with Gasteiger partial charge in [-0.15, -0.1) is 0 Å². The number of non-ortho nitro benzene ring substituents is 1. The van der Waals surface area contributed by atoms with Gasteiger partial charge in [0.2, 0.25) is 0 Å². The summed E-state index contributed by atoms with van der Waals surface area (Å²) in [7, 11) is 0. The Bertz CT molecular complexity index is 1170. The van der Waals surface area contributed by atoms with E-state index in [1.54, 1.807) is 12.1 Å². The number of rotatable bonds is 29. The smallest absolute Gasteiger partial charge is 0.338 e. The lowest BCUT2D eigenvalue weighted by Gasteiger charge is -2.09. The number of carbonyl (C=O) groups excluding carboxylic acids is 1. The van der Waals surface area contributed by atoms with Gasteiger partial charge in [-0.05, 0) is 36.8 Å². The fourth-order valence-corrected chi connectivity index (χ4v) is 3.80. The molecule has 16 heteroatoms. The topological polar surface area (TPSA) is 192 Å². The molecule has 0 saturated carbocycles. The first-order valence-electron chi connectivity index (χ1n) is 15.6. The molecule has 0 spiro atoms. The van der Waals surface area contributed by atoms with Crippen molar-refractivity contribution in [3.8, 4) is 0 Å². The van der Waals surface area contributed by atoms with Gasteiger partial charge < -0.3 is 43.8 Å². The number of hydrogen-bond donors (Lipinski definition) is 2. The van der Waals surface area contributed by atoms with E-state index in [-0.39, 0.29) is 49.4 Å². The van der Waals surface area contributed by atoms with Crippen LogP contribution in [0.2, 0.25) is 0 Å². The van der Waals surface area contributed by atoms with E-state index in [1.807, 2.05) is 12.1 Å². The Kier molecular flexibility index (Phi) is 21.0. The molecule has 0 bridgehead atoms. The minimum absolute atomic E-state index is 0.165. The number of carbonyl (C=O) groups is 1. The highest BCUT2D eigenvalue weighted by Crippen LogP contribution is 2.28. The average molecular weight is 667 g/mol. The van der Waals surface area contributed by atoms with Gasteiger partial charge in [-0.2, -0.15) is 0 Å². The second-order valence-corrected chi connectivity index (χ2v) is 9.81. The number of hydrogen-bond acceptors (Lipinski definition) is 14. The predicted octanol–water partition coefficient (Wildman–Crippen LogP) is 4.08. The normalized spacial score (nSPS) is 10.9. The summed E-state index contributed by atoms with van der Waals surface area (Å²) in [6, 6.07) is 10.6. The number of benzene rings is 2. The van der Waals surface area contributed by atoms with E-state index in [2.05, 4.69) is 17.6 Å². The number of nitrogens with one attached hydrogen (secondary N) is 2. The molecule has 0 aliphatic carbocycles. The summed E-state index contributed by atoms with van der Waals surface area (Å²) in [4.78, 5) is 32.7. The lowest BCUT2D eigenvalue weighted by atomic mass is 10.2. The summed E-state index contributed by atoms with van der Waals surface area (Å²) in [5.74, 6) is -0.382. The zero-order valence-electron chi connectivity index (χ0n) is 26.9. The molecule has 0 aliphatic rings. The first-order valence-corrected chi connectivity index (χ1v) is 15.6. The second-order valence-electron chi connectivity index (χ2n) is 9.81. The van der Waals surface area contributed by atoms with E-state index in [0.717, 1.165) is 31.1 Å². The summed E-state index contributed by atoms with van der Waals surface area (Å²) in [6.07, 6.45) is 2.22. The predicted molar refractivity (Wildman–Crippen MR) is 173 cm³/mol. The monoisotopic (exact) mass is 666 g/mol. The van der Waals surface area contributed by atoms with Gasteiger partial charge in [-0.3, -0.25) is 20.2 Å². The Morgan fingerprint density at radius 2 is 1.15 bits per heavy atom. The molecule has 2 aromatic rings. The summed E-state index contributed by atoms with van der Waals surface area (Å²) in [5, 5.41) is 28.1. The molecule has 2 rings (SSSR count). The number of esters is 1. The molecule has 0 saturated heterocycles. The molecular formula is C31H46N4O12. The molecular weight excluding hydrogens is 620 g/mol. The Balaban J connectivity index is 1.30. The molecule has 2 aromatic carbocycles. The van der Waals surface area contributed by atoms with Gasteiger partial charge in [-0.25, -0.2) is 4.79 Å². The molecule has 2 N–H and O–H groups in total. The Hall–Kier alpha value is -3.93. The number of nitrogens with zero attached hydrogens (tertiary/aromatic N) is 2. The van der Waals surface area contributed by atoms with Crippen molar-refractivity contribution in [1.29, 1.82) is 0 Å². The highest BCUT2D eigenvalue weighted by molar-refractivity contribution is 5.89. The van der Waals surface area contributed by atoms with Crippen LogP contribution in [0.15, 0.2) is 42.5 Å². The Morgan fingerprint density at radius 1 is 0.638 bits per heavy atom. The number of anilines is 2. The highest BCUT2D eigenvalue weighted by atomic mass is 16.6. The fourth-order valence-electron chi connectivity index (χ4n) is 3.80. The lowest BCUT2D eigenvalue weighted by Crippen LogP contribution is -2.16. The van der Waals surface area contributed by atoms with E-state index in [4.69, 9.17) is 33.2 Å². The first-order chi connectivity index (χ1) is 22.9. The maximum atomic E-state index is 12.1. The zero-order chi connectivity index (χ0) is 34.0. The van der Waals surface area contributed by atoms with E-state index in [1.165, 1.54) is 12.1 Å². The van der Waals surface area contributed by atoms with Gasteiger partial charge >= 0.3 is 5.97 Å². The Morgan fingerprint density at radius 3 is 1.64 bits per heavy atom. The second kappa shape index (κ2) is 25.2. The SMILES string of the molecule is CCCCNc1ccc(C(=O)OCCOCCOCCOCCOCCOCCOCCNc2ccc([N+](=O)[O-])cc2[N+](=O)[O-])cc1. The van der Waals surface area contributed by atoms with Gasteiger partial charge in [0.05, 0.1) is 101 Å². The third kappa shape index (κ3) is 18.1. The van der Waals surface area contributed by atoms with Crippen molar-refractivity contribution >= 4 is 28.7 Å². The molecule has 0 atom stereocenters. The molecule has 16 nitrogen and oxygen atoms in total. The fraction of sp³-hybridized carbons (Fsp3) is 0.581. The zero-order valence-corrected chi connectivity index (χ0v) is 26.9. The quantitative estimate of drug-likeness (QED) is 0.0546. The molecule has 0 aromatic heterocycles. The maximum absolute atomic E-state index is 12.1. The van der Waals surface area contributed by atoms with Crippen molar-refractivity contribution in [1.82, 2.24) is 0 Å². The molecule has 262 valence electrons. The van der Waals surface area contributed by atoms with Crippen LogP contribution in [0.1, 0.15) is 30.1 Å². The van der Waals surface area contributed by atoms with E-state index in [0.29, 0.717) is 71.6 Å². The van der Waals surface area contributed by atoms with Gasteiger partial charge in [0.25, 0.3) is 11.4 Å². The van der Waals surface area contributed by atoms with Gasteiger partial charge in [0.1, 0.15) is 12.3 Å². The number of nitro benzene ring substituents is 2. The van der Waals surface area contributed by atoms with Crippen molar-refractivity contribution < 1.29 is 47.8 Å². The van der Waals surface area contributed by atoms with E-state index in [9.17, 15) is 25.0 Å². The van der Waals surface area contributed by atoms with Crippen molar-refractivity contribution in [3.63, 3.8) is 0 Å². The minimum Gasteiger partial charge on any atom is -0.460 e. The van der Waals surface area contributed by atoms with Crippen molar-refractivity contribution in [3.05, 3.63) is 68.3 Å². The van der Waals surface area contributed by atoms with Crippen molar-refractivity contribution in [2.45, 2.75) is 19.8 Å². The molecule has 0 unspecified atom stereocenters. The summed E-state index contributed by atoms with van der Waals surface area (Å²) < 4.78 is 37.8. The van der Waals surface area contributed by atoms with Crippen LogP contribution in [0.5, 0.6) is 0 Å². The van der Waals surface area contributed by atoms with Crippen LogP contribution >= 0.6 is 0 Å². The maximum Gasteiger partial charge on any atom is 0.338 e. The first kappa shape index (κ1) is 39.2. The molecule has 0 heterocycles. The minimum atomic E-state index is -0.684. The van der Waals surface area contributed by atoms with E-state index < -0.39 is 9.85 Å². The van der Waals surface area contributed by atoms with Crippen LogP contribution in [0.3, 0.4) is 0 Å². The molecule has 0 radical (unpaired) electrons. The molecule has 0 amide bonds. The third-order valence-corrected chi connectivity index (χ3v) is 6.25. The summed E-state index contributed by atoms with van der Waals surface area (Å²) >= 11 is 0. The molecule has 0 fully saturated rings. The van der Waals surface area contributed by atoms with Crippen molar-refractivity contribution in [2.24, 2.45) is 0 Å². The van der Waals surface area contributed by atoms with Crippen LogP contribution in [0.25, 0.3) is 0 Å². The van der Waals surface area contributed by atoms with Crippen LogP contribution in [0, 0.1) is 20.2 Å². The lowest BCUT2D eigenvalue weighted by molar-refractivity contribution is -0.393. The van der Waals surface area contributed by atoms with Gasteiger partial charge in [0, 0.05) is 24.8 Å². The Labute approximate surface area is 274 Å². The van der Waals surface area contributed by atoms with Crippen molar-refractivity contribution in [2.75, 3.05) is 110 Å². The third-order valence-electron chi connectivity index (χ3n) is 6.25. The largest absolute Gasteiger partial charge is 0.460 e. The van der Waals surface area contributed by atoms with Gasteiger partial charge in [-0.1, -0.05) is 13.3 Å². The molecule has 0 aliphatic heterocycles. The highest BCUT2D eigenvalue weighted by Gasteiger charge is 2.19. The van der Waals surface area contributed by atoms with Crippen LogP contribution in [-0.2, 0) is 33.2 Å². The van der Waals surface area contributed by atoms with Crippen LogP contribution < -0.4 is 10.6 Å². The number of ether oxygens (including phenoxy) is 7. The van der Waals surface area contributed by atoms with Crippen LogP contribution in [0.4, 0.5) is 22.7 Å².